The van der Waals surface area contributed by atoms with E-state index in [9.17, 15) is 13.8 Å². The molecule has 0 saturated carbocycles. The van der Waals surface area contributed by atoms with E-state index in [2.05, 4.69) is 0 Å². The van der Waals surface area contributed by atoms with Crippen LogP contribution in [0.3, 0.4) is 0 Å². The van der Waals surface area contributed by atoms with Crippen molar-refractivity contribution in [3.63, 3.8) is 0 Å². The van der Waals surface area contributed by atoms with E-state index >= 15 is 0 Å². The minimum Gasteiger partial charge on any atom is -0.465 e. The van der Waals surface area contributed by atoms with Crippen LogP contribution in [0.15, 0.2) is 29.2 Å². The molecule has 0 N–H and O–H groups in total. The van der Waals surface area contributed by atoms with Gasteiger partial charge in [-0.3, -0.25) is 13.8 Å². The number of hydrogen-bond acceptors (Lipinski definition) is 4. The molecule has 1 aromatic carbocycles. The molecule has 6 heteroatoms. The Balaban J connectivity index is 3.00. The number of halogens is 1. The molecule has 1 aromatic rings. The van der Waals surface area contributed by atoms with Gasteiger partial charge in [0.2, 0.25) is 0 Å². The highest BCUT2D eigenvalue weighted by Gasteiger charge is 2.32. The van der Waals surface area contributed by atoms with Crippen molar-refractivity contribution >= 4 is 34.2 Å². The van der Waals surface area contributed by atoms with Gasteiger partial charge in [-0.1, -0.05) is 11.6 Å². The molecule has 4 nitrogen and oxygen atoms in total. The van der Waals surface area contributed by atoms with Gasteiger partial charge in [0.05, 0.1) is 17.4 Å². The summed E-state index contributed by atoms with van der Waals surface area (Å²) in [5, 5.41) is -0.794. The van der Waals surface area contributed by atoms with E-state index in [0.717, 1.165) is 0 Å². The highest BCUT2D eigenvalue weighted by atomic mass is 35.5. The summed E-state index contributed by atoms with van der Waals surface area (Å²) in [6.45, 7) is 2.98. The first-order chi connectivity index (χ1) is 8.47. The zero-order chi connectivity index (χ0) is 13.7. The van der Waals surface area contributed by atoms with E-state index < -0.39 is 27.8 Å². The molecule has 0 spiro atoms. The standard InChI is InChI=1S/C12H13ClO4S/c1-3-17-12(15)11(8(2)14)18(16)10-6-4-9(13)5-7-10/h4-7,11H,3H2,1-2H3. The Morgan fingerprint density at radius 1 is 1.33 bits per heavy atom. The number of ether oxygens (including phenoxy) is 1. The third kappa shape index (κ3) is 3.65. The summed E-state index contributed by atoms with van der Waals surface area (Å²) in [5.41, 5.74) is 0. The predicted molar refractivity (Wildman–Crippen MR) is 69.0 cm³/mol. The van der Waals surface area contributed by atoms with E-state index in [4.69, 9.17) is 16.3 Å². The number of rotatable bonds is 5. The van der Waals surface area contributed by atoms with Crippen LogP contribution in [-0.2, 0) is 25.1 Å². The predicted octanol–water partition coefficient (Wildman–Crippen LogP) is 1.97. The van der Waals surface area contributed by atoms with Gasteiger partial charge in [0.1, 0.15) is 0 Å². The van der Waals surface area contributed by atoms with E-state index in [1.54, 1.807) is 19.1 Å². The lowest BCUT2D eigenvalue weighted by atomic mass is 10.3. The van der Waals surface area contributed by atoms with Crippen molar-refractivity contribution in [2.75, 3.05) is 6.61 Å². The fourth-order valence-corrected chi connectivity index (χ4v) is 2.67. The zero-order valence-corrected chi connectivity index (χ0v) is 11.6. The second kappa shape index (κ2) is 6.66. The largest absolute Gasteiger partial charge is 0.465 e. The average molecular weight is 289 g/mol. The summed E-state index contributed by atoms with van der Waals surface area (Å²) in [6, 6.07) is 6.15. The maximum absolute atomic E-state index is 12.2. The molecule has 0 amide bonds. The zero-order valence-electron chi connectivity index (χ0n) is 10.0. The van der Waals surface area contributed by atoms with Gasteiger partial charge in [0.25, 0.3) is 0 Å². The van der Waals surface area contributed by atoms with Crippen LogP contribution in [0.25, 0.3) is 0 Å². The minimum atomic E-state index is -1.77. The second-order valence-corrected chi connectivity index (χ2v) is 5.47. The summed E-state index contributed by atoms with van der Waals surface area (Å²) in [5.74, 6) is -1.25. The maximum Gasteiger partial charge on any atom is 0.329 e. The lowest BCUT2D eigenvalue weighted by Gasteiger charge is -2.12. The topological polar surface area (TPSA) is 60.4 Å². The van der Waals surface area contributed by atoms with Gasteiger partial charge in [-0.2, -0.15) is 0 Å². The summed E-state index contributed by atoms with van der Waals surface area (Å²) >= 11 is 5.71. The molecule has 0 aliphatic heterocycles. The molecular formula is C12H13ClO4S. The number of ketones is 1. The van der Waals surface area contributed by atoms with E-state index in [1.165, 1.54) is 19.1 Å². The van der Waals surface area contributed by atoms with Crippen molar-refractivity contribution in [1.29, 1.82) is 0 Å². The molecule has 98 valence electrons. The summed E-state index contributed by atoms with van der Waals surface area (Å²) < 4.78 is 16.9. The van der Waals surface area contributed by atoms with Crippen LogP contribution < -0.4 is 0 Å². The summed E-state index contributed by atoms with van der Waals surface area (Å²) in [7, 11) is -1.77. The lowest BCUT2D eigenvalue weighted by molar-refractivity contribution is -0.144. The van der Waals surface area contributed by atoms with Crippen molar-refractivity contribution in [3.8, 4) is 0 Å². The number of hydrogen-bond donors (Lipinski definition) is 0. The Hall–Kier alpha value is -1.20. The Bertz CT molecular complexity index is 469. The molecule has 0 radical (unpaired) electrons. The summed E-state index contributed by atoms with van der Waals surface area (Å²) in [6.07, 6.45) is 0. The molecule has 18 heavy (non-hydrogen) atoms. The highest BCUT2D eigenvalue weighted by Crippen LogP contribution is 2.17. The molecule has 0 heterocycles. The molecule has 2 unspecified atom stereocenters. The highest BCUT2D eigenvalue weighted by molar-refractivity contribution is 7.87. The van der Waals surface area contributed by atoms with Crippen molar-refractivity contribution in [2.45, 2.75) is 24.0 Å². The minimum absolute atomic E-state index is 0.139. The van der Waals surface area contributed by atoms with Crippen LogP contribution in [0.2, 0.25) is 5.02 Å². The van der Waals surface area contributed by atoms with Crippen LogP contribution in [0, 0.1) is 0 Å². The quantitative estimate of drug-likeness (QED) is 0.614. The van der Waals surface area contributed by atoms with Gasteiger partial charge >= 0.3 is 5.97 Å². The monoisotopic (exact) mass is 288 g/mol. The maximum atomic E-state index is 12.2. The van der Waals surface area contributed by atoms with E-state index in [1.807, 2.05) is 0 Å². The van der Waals surface area contributed by atoms with E-state index in [0.29, 0.717) is 9.92 Å². The van der Waals surface area contributed by atoms with Gasteiger partial charge in [0.15, 0.2) is 11.0 Å². The smallest absolute Gasteiger partial charge is 0.329 e. The molecule has 0 saturated heterocycles. The first kappa shape index (κ1) is 14.9. The third-order valence-electron chi connectivity index (χ3n) is 2.13. The van der Waals surface area contributed by atoms with Crippen molar-refractivity contribution in [2.24, 2.45) is 0 Å². The van der Waals surface area contributed by atoms with E-state index in [-0.39, 0.29) is 6.61 Å². The SMILES string of the molecule is CCOC(=O)C(C(C)=O)S(=O)c1ccc(Cl)cc1. The van der Waals surface area contributed by atoms with Gasteiger partial charge in [0, 0.05) is 9.92 Å². The Labute approximate surface area is 113 Å². The normalized spacial score (nSPS) is 13.7. The fourth-order valence-electron chi connectivity index (χ4n) is 1.33. The van der Waals surface area contributed by atoms with Crippen LogP contribution >= 0.6 is 11.6 Å². The first-order valence-corrected chi connectivity index (χ1v) is 6.89. The Morgan fingerprint density at radius 2 is 1.89 bits per heavy atom. The van der Waals surface area contributed by atoms with Gasteiger partial charge in [-0.15, -0.1) is 0 Å². The fraction of sp³-hybridized carbons (Fsp3) is 0.333. The number of carbonyl (C=O) groups excluding carboxylic acids is 2. The average Bonchev–Trinajstić information content (AvgIpc) is 2.29. The molecule has 2 atom stereocenters. The van der Waals surface area contributed by atoms with Crippen LogP contribution in [0.1, 0.15) is 13.8 Å². The van der Waals surface area contributed by atoms with Crippen molar-refractivity contribution in [1.82, 2.24) is 0 Å². The number of benzene rings is 1. The lowest BCUT2D eigenvalue weighted by Crippen LogP contribution is -2.34. The van der Waals surface area contributed by atoms with Gasteiger partial charge in [-0.05, 0) is 38.1 Å². The van der Waals surface area contributed by atoms with Crippen LogP contribution in [0.5, 0.6) is 0 Å². The third-order valence-corrected chi connectivity index (χ3v) is 4.07. The Kier molecular flexibility index (Phi) is 5.50. The number of carbonyl (C=O) groups is 2. The second-order valence-electron chi connectivity index (χ2n) is 3.49. The van der Waals surface area contributed by atoms with Crippen molar-refractivity contribution < 1.29 is 18.5 Å². The molecule has 0 aromatic heterocycles. The Morgan fingerprint density at radius 3 is 2.33 bits per heavy atom. The molecule has 0 aliphatic carbocycles. The molecule has 0 fully saturated rings. The van der Waals surface area contributed by atoms with Gasteiger partial charge in [-0.25, -0.2) is 0 Å². The molecular weight excluding hydrogens is 276 g/mol. The van der Waals surface area contributed by atoms with Crippen LogP contribution in [0.4, 0.5) is 0 Å². The first-order valence-electron chi connectivity index (χ1n) is 5.30. The summed E-state index contributed by atoms with van der Waals surface area (Å²) in [4.78, 5) is 23.4. The number of Topliss-reactive ketones (excluding diaryl/α,β-unsaturated/α-hetero) is 1. The molecule has 0 bridgehead atoms. The number of esters is 1. The molecule has 0 aliphatic rings. The van der Waals surface area contributed by atoms with Crippen molar-refractivity contribution in [3.05, 3.63) is 29.3 Å². The molecule has 1 rings (SSSR count). The van der Waals surface area contributed by atoms with Gasteiger partial charge < -0.3 is 4.74 Å². The van der Waals surface area contributed by atoms with Crippen LogP contribution in [-0.4, -0.2) is 27.8 Å².